The Morgan fingerprint density at radius 2 is 1.68 bits per heavy atom. The molecule has 1 aliphatic rings. The van der Waals surface area contributed by atoms with Crippen LogP contribution in [0.15, 0.2) is 30.3 Å². The van der Waals surface area contributed by atoms with Gasteiger partial charge in [-0.1, -0.05) is 37.3 Å². The van der Waals surface area contributed by atoms with Crippen LogP contribution >= 0.6 is 0 Å². The molecule has 0 aromatic heterocycles. The van der Waals surface area contributed by atoms with E-state index >= 15 is 0 Å². The Balaban J connectivity index is 1.70. The first-order chi connectivity index (χ1) is 9.28. The number of nitrogens with zero attached hydrogens (tertiary/aromatic N) is 2. The van der Waals surface area contributed by atoms with Crippen LogP contribution in [0.25, 0.3) is 0 Å². The second-order valence-corrected chi connectivity index (χ2v) is 5.62. The quantitative estimate of drug-likeness (QED) is 0.781. The highest BCUT2D eigenvalue weighted by atomic mass is 16.5. The molecular weight excluding hydrogens is 236 g/mol. The molecule has 1 unspecified atom stereocenters. The number of rotatable bonds is 6. The summed E-state index contributed by atoms with van der Waals surface area (Å²) in [6.45, 7) is 10.1. The van der Waals surface area contributed by atoms with Crippen LogP contribution in [0, 0.1) is 5.92 Å². The number of hydrogen-bond acceptors (Lipinski definition) is 3. The molecule has 0 radical (unpaired) electrons. The van der Waals surface area contributed by atoms with Crippen molar-refractivity contribution in [1.29, 1.82) is 0 Å². The Bertz CT molecular complexity index is 347. The van der Waals surface area contributed by atoms with E-state index in [2.05, 4.69) is 47.1 Å². The lowest BCUT2D eigenvalue weighted by Crippen LogP contribution is -2.47. The van der Waals surface area contributed by atoms with Crippen LogP contribution in [0.1, 0.15) is 12.5 Å². The molecule has 1 aliphatic heterocycles. The fourth-order valence-corrected chi connectivity index (χ4v) is 2.75. The highest BCUT2D eigenvalue weighted by Gasteiger charge is 2.18. The van der Waals surface area contributed by atoms with Crippen LogP contribution in [-0.4, -0.2) is 56.2 Å². The summed E-state index contributed by atoms with van der Waals surface area (Å²) in [4.78, 5) is 5.11. The third-order valence-corrected chi connectivity index (χ3v) is 3.73. The van der Waals surface area contributed by atoms with E-state index in [1.165, 1.54) is 31.7 Å². The van der Waals surface area contributed by atoms with Crippen LogP contribution < -0.4 is 0 Å². The molecule has 0 spiro atoms. The standard InChI is InChI=1S/C16H26N2O/c1-15(14-19-2)12-17-8-10-18(11-9-17)13-16-6-4-3-5-7-16/h3-7,15H,8-14H2,1-2H3. The molecule has 19 heavy (non-hydrogen) atoms. The zero-order valence-corrected chi connectivity index (χ0v) is 12.2. The first kappa shape index (κ1) is 14.5. The summed E-state index contributed by atoms with van der Waals surface area (Å²) in [5.74, 6) is 0.630. The highest BCUT2D eigenvalue weighted by molar-refractivity contribution is 5.14. The Kier molecular flexibility index (Phi) is 5.83. The molecule has 1 atom stereocenters. The van der Waals surface area contributed by atoms with Crippen molar-refractivity contribution < 1.29 is 4.74 Å². The summed E-state index contributed by atoms with van der Waals surface area (Å²) in [6.07, 6.45) is 0. The van der Waals surface area contributed by atoms with Crippen molar-refractivity contribution in [3.05, 3.63) is 35.9 Å². The predicted octanol–water partition coefficient (Wildman–Crippen LogP) is 2.09. The summed E-state index contributed by atoms with van der Waals surface area (Å²) in [5.41, 5.74) is 1.42. The molecule has 3 heteroatoms. The summed E-state index contributed by atoms with van der Waals surface area (Å²) in [7, 11) is 1.79. The Labute approximate surface area is 117 Å². The fourth-order valence-electron chi connectivity index (χ4n) is 2.75. The van der Waals surface area contributed by atoms with Gasteiger partial charge < -0.3 is 9.64 Å². The molecule has 2 rings (SSSR count). The van der Waals surface area contributed by atoms with E-state index in [1.54, 1.807) is 7.11 Å². The third-order valence-electron chi connectivity index (χ3n) is 3.73. The summed E-state index contributed by atoms with van der Waals surface area (Å²) in [6, 6.07) is 10.8. The van der Waals surface area contributed by atoms with Crippen LogP contribution in [0.5, 0.6) is 0 Å². The first-order valence-electron chi connectivity index (χ1n) is 7.25. The van der Waals surface area contributed by atoms with Crippen molar-refractivity contribution >= 4 is 0 Å². The Hall–Kier alpha value is -0.900. The van der Waals surface area contributed by atoms with Gasteiger partial charge >= 0.3 is 0 Å². The summed E-state index contributed by atoms with van der Waals surface area (Å²) >= 11 is 0. The SMILES string of the molecule is COCC(C)CN1CCN(Cc2ccccc2)CC1. The van der Waals surface area contributed by atoms with Crippen LogP contribution in [0.3, 0.4) is 0 Å². The molecule has 0 amide bonds. The van der Waals surface area contributed by atoms with Crippen LogP contribution in [-0.2, 0) is 11.3 Å². The minimum atomic E-state index is 0.630. The minimum Gasteiger partial charge on any atom is -0.384 e. The van der Waals surface area contributed by atoms with Crippen molar-refractivity contribution in [3.8, 4) is 0 Å². The molecule has 0 aliphatic carbocycles. The van der Waals surface area contributed by atoms with E-state index in [-0.39, 0.29) is 0 Å². The number of piperazine rings is 1. The number of benzene rings is 1. The van der Waals surface area contributed by atoms with Crippen LogP contribution in [0.2, 0.25) is 0 Å². The third kappa shape index (κ3) is 4.94. The maximum atomic E-state index is 5.21. The molecular formula is C16H26N2O. The Morgan fingerprint density at radius 3 is 2.32 bits per heavy atom. The molecule has 0 saturated carbocycles. The number of hydrogen-bond donors (Lipinski definition) is 0. The van der Waals surface area contributed by atoms with E-state index in [1.807, 2.05) is 0 Å². The predicted molar refractivity (Wildman–Crippen MR) is 79.2 cm³/mol. The van der Waals surface area contributed by atoms with Crippen LogP contribution in [0.4, 0.5) is 0 Å². The van der Waals surface area contributed by atoms with E-state index in [0.717, 1.165) is 19.7 Å². The van der Waals surface area contributed by atoms with E-state index in [0.29, 0.717) is 5.92 Å². The van der Waals surface area contributed by atoms with Crippen molar-refractivity contribution in [2.45, 2.75) is 13.5 Å². The van der Waals surface area contributed by atoms with E-state index in [9.17, 15) is 0 Å². The molecule has 1 saturated heterocycles. The summed E-state index contributed by atoms with van der Waals surface area (Å²) < 4.78 is 5.21. The molecule has 106 valence electrons. The van der Waals surface area contributed by atoms with Gasteiger partial charge in [0.2, 0.25) is 0 Å². The van der Waals surface area contributed by atoms with Gasteiger partial charge in [-0.05, 0) is 11.5 Å². The number of methoxy groups -OCH3 is 1. The molecule has 1 fully saturated rings. The average molecular weight is 262 g/mol. The molecule has 1 aromatic rings. The van der Waals surface area contributed by atoms with Gasteiger partial charge in [0, 0.05) is 53.0 Å². The smallest absolute Gasteiger partial charge is 0.0500 e. The fraction of sp³-hybridized carbons (Fsp3) is 0.625. The average Bonchev–Trinajstić information content (AvgIpc) is 2.42. The lowest BCUT2D eigenvalue weighted by molar-refractivity contribution is 0.0887. The largest absolute Gasteiger partial charge is 0.384 e. The second-order valence-electron chi connectivity index (χ2n) is 5.62. The molecule has 0 bridgehead atoms. The number of ether oxygens (including phenoxy) is 1. The van der Waals surface area contributed by atoms with Crippen molar-refractivity contribution in [2.24, 2.45) is 5.92 Å². The van der Waals surface area contributed by atoms with Gasteiger partial charge in [-0.3, -0.25) is 4.90 Å². The molecule has 1 aromatic carbocycles. The van der Waals surface area contributed by atoms with Gasteiger partial charge in [-0.25, -0.2) is 0 Å². The molecule has 1 heterocycles. The lowest BCUT2D eigenvalue weighted by atomic mass is 10.1. The van der Waals surface area contributed by atoms with Gasteiger partial charge in [-0.15, -0.1) is 0 Å². The van der Waals surface area contributed by atoms with Gasteiger partial charge in [0.15, 0.2) is 0 Å². The van der Waals surface area contributed by atoms with Gasteiger partial charge in [0.1, 0.15) is 0 Å². The topological polar surface area (TPSA) is 15.7 Å². The van der Waals surface area contributed by atoms with Crippen molar-refractivity contribution in [1.82, 2.24) is 9.80 Å². The van der Waals surface area contributed by atoms with Crippen molar-refractivity contribution in [2.75, 3.05) is 46.4 Å². The molecule has 0 N–H and O–H groups in total. The minimum absolute atomic E-state index is 0.630. The zero-order chi connectivity index (χ0) is 13.5. The lowest BCUT2D eigenvalue weighted by Gasteiger charge is -2.35. The zero-order valence-electron chi connectivity index (χ0n) is 12.2. The van der Waals surface area contributed by atoms with E-state index < -0.39 is 0 Å². The van der Waals surface area contributed by atoms with E-state index in [4.69, 9.17) is 4.74 Å². The summed E-state index contributed by atoms with van der Waals surface area (Å²) in [5, 5.41) is 0. The maximum Gasteiger partial charge on any atom is 0.0500 e. The normalized spacial score (nSPS) is 19.5. The van der Waals surface area contributed by atoms with Gasteiger partial charge in [-0.2, -0.15) is 0 Å². The highest BCUT2D eigenvalue weighted by Crippen LogP contribution is 2.10. The maximum absolute atomic E-state index is 5.21. The monoisotopic (exact) mass is 262 g/mol. The van der Waals surface area contributed by atoms with Gasteiger partial charge in [0.25, 0.3) is 0 Å². The van der Waals surface area contributed by atoms with Crippen molar-refractivity contribution in [3.63, 3.8) is 0 Å². The first-order valence-corrected chi connectivity index (χ1v) is 7.25. The molecule has 3 nitrogen and oxygen atoms in total. The van der Waals surface area contributed by atoms with Gasteiger partial charge in [0.05, 0.1) is 0 Å². The Morgan fingerprint density at radius 1 is 1.05 bits per heavy atom. The second kappa shape index (κ2) is 7.63.